The standard InChI is InChI=1S/C16H24N2O2/c1-16(2,3)20-15(19)18(13-7-5-4-6-8-13)14-9-11-17-12-10-14/h4-8,14,17H,9-12H2,1-3H3. The lowest BCUT2D eigenvalue weighted by Crippen LogP contribution is -2.48. The first-order chi connectivity index (χ1) is 9.47. The zero-order valence-corrected chi connectivity index (χ0v) is 12.6. The molecule has 0 aliphatic carbocycles. The predicted molar refractivity (Wildman–Crippen MR) is 81.0 cm³/mol. The molecule has 0 saturated carbocycles. The molecule has 4 nitrogen and oxygen atoms in total. The molecule has 1 aliphatic heterocycles. The minimum Gasteiger partial charge on any atom is -0.443 e. The highest BCUT2D eigenvalue weighted by molar-refractivity contribution is 5.88. The SMILES string of the molecule is CC(C)(C)OC(=O)N(c1ccccc1)C1CCNCC1. The summed E-state index contributed by atoms with van der Waals surface area (Å²) in [5, 5.41) is 3.33. The zero-order valence-electron chi connectivity index (χ0n) is 12.6. The Morgan fingerprint density at radius 2 is 1.80 bits per heavy atom. The van der Waals surface area contributed by atoms with Crippen LogP contribution in [0.25, 0.3) is 0 Å². The molecule has 1 aromatic carbocycles. The van der Waals surface area contributed by atoms with Gasteiger partial charge in [0.1, 0.15) is 5.60 Å². The third kappa shape index (κ3) is 3.97. The van der Waals surface area contributed by atoms with Crippen LogP contribution in [0.15, 0.2) is 30.3 Å². The lowest BCUT2D eigenvalue weighted by Gasteiger charge is -2.35. The van der Waals surface area contributed by atoms with E-state index in [-0.39, 0.29) is 12.1 Å². The number of carbonyl (C=O) groups is 1. The second kappa shape index (κ2) is 6.27. The lowest BCUT2D eigenvalue weighted by atomic mass is 10.0. The van der Waals surface area contributed by atoms with Gasteiger partial charge in [0, 0.05) is 11.7 Å². The van der Waals surface area contributed by atoms with Gasteiger partial charge in [0.15, 0.2) is 0 Å². The fraction of sp³-hybridized carbons (Fsp3) is 0.562. The number of nitrogens with zero attached hydrogens (tertiary/aromatic N) is 1. The van der Waals surface area contributed by atoms with Crippen molar-refractivity contribution in [2.24, 2.45) is 0 Å². The summed E-state index contributed by atoms with van der Waals surface area (Å²) in [7, 11) is 0. The van der Waals surface area contributed by atoms with Crippen LogP contribution in [0.3, 0.4) is 0 Å². The summed E-state index contributed by atoms with van der Waals surface area (Å²) >= 11 is 0. The Labute approximate surface area is 121 Å². The number of para-hydroxylation sites is 1. The molecular formula is C16H24N2O2. The van der Waals surface area contributed by atoms with Crippen molar-refractivity contribution < 1.29 is 9.53 Å². The van der Waals surface area contributed by atoms with E-state index in [1.807, 2.05) is 56.0 Å². The second-order valence-corrected chi connectivity index (χ2v) is 6.17. The molecular weight excluding hydrogens is 252 g/mol. The van der Waals surface area contributed by atoms with E-state index in [4.69, 9.17) is 4.74 Å². The molecule has 2 rings (SSSR count). The molecule has 0 atom stereocenters. The average Bonchev–Trinajstić information content (AvgIpc) is 2.39. The number of rotatable bonds is 2. The number of hydrogen-bond acceptors (Lipinski definition) is 3. The second-order valence-electron chi connectivity index (χ2n) is 6.17. The van der Waals surface area contributed by atoms with Gasteiger partial charge in [0.25, 0.3) is 0 Å². The Kier molecular flexibility index (Phi) is 4.65. The maximum Gasteiger partial charge on any atom is 0.415 e. The van der Waals surface area contributed by atoms with E-state index in [1.165, 1.54) is 0 Å². The molecule has 0 bridgehead atoms. The molecule has 4 heteroatoms. The van der Waals surface area contributed by atoms with Crippen LogP contribution in [0.4, 0.5) is 10.5 Å². The number of benzene rings is 1. The fourth-order valence-electron chi connectivity index (χ4n) is 2.43. The monoisotopic (exact) mass is 276 g/mol. The van der Waals surface area contributed by atoms with E-state index in [2.05, 4.69) is 5.32 Å². The normalized spacial score (nSPS) is 16.8. The summed E-state index contributed by atoms with van der Waals surface area (Å²) in [6.07, 6.45) is 1.65. The van der Waals surface area contributed by atoms with E-state index >= 15 is 0 Å². The molecule has 1 amide bonds. The van der Waals surface area contributed by atoms with E-state index in [1.54, 1.807) is 0 Å². The van der Waals surface area contributed by atoms with Crippen LogP contribution in [0.2, 0.25) is 0 Å². The van der Waals surface area contributed by atoms with Gasteiger partial charge in [-0.2, -0.15) is 0 Å². The number of ether oxygens (including phenoxy) is 1. The van der Waals surface area contributed by atoms with Crippen molar-refractivity contribution in [3.05, 3.63) is 30.3 Å². The first-order valence-corrected chi connectivity index (χ1v) is 7.25. The molecule has 1 aliphatic rings. The smallest absolute Gasteiger partial charge is 0.415 e. The Morgan fingerprint density at radius 1 is 1.20 bits per heavy atom. The number of piperidine rings is 1. The minimum atomic E-state index is -0.475. The maximum absolute atomic E-state index is 12.5. The van der Waals surface area contributed by atoms with Crippen LogP contribution < -0.4 is 10.2 Å². The van der Waals surface area contributed by atoms with Gasteiger partial charge in [-0.15, -0.1) is 0 Å². The van der Waals surface area contributed by atoms with Crippen LogP contribution in [-0.2, 0) is 4.74 Å². The lowest BCUT2D eigenvalue weighted by molar-refractivity contribution is 0.0559. The number of hydrogen-bond donors (Lipinski definition) is 1. The highest BCUT2D eigenvalue weighted by Gasteiger charge is 2.30. The van der Waals surface area contributed by atoms with Crippen molar-refractivity contribution in [3.8, 4) is 0 Å². The van der Waals surface area contributed by atoms with Crippen LogP contribution in [0.1, 0.15) is 33.6 Å². The largest absolute Gasteiger partial charge is 0.443 e. The number of nitrogens with one attached hydrogen (secondary N) is 1. The first-order valence-electron chi connectivity index (χ1n) is 7.25. The van der Waals surface area contributed by atoms with Crippen LogP contribution in [0.5, 0.6) is 0 Å². The summed E-state index contributed by atoms with van der Waals surface area (Å²) in [5.41, 5.74) is 0.436. The van der Waals surface area contributed by atoms with E-state index in [9.17, 15) is 4.79 Å². The van der Waals surface area contributed by atoms with Crippen LogP contribution in [-0.4, -0.2) is 30.8 Å². The summed E-state index contributed by atoms with van der Waals surface area (Å²) in [5.74, 6) is 0. The third-order valence-corrected chi connectivity index (χ3v) is 3.30. The minimum absolute atomic E-state index is 0.202. The molecule has 0 spiro atoms. The van der Waals surface area contributed by atoms with Gasteiger partial charge in [0.2, 0.25) is 0 Å². The average molecular weight is 276 g/mol. The van der Waals surface area contributed by atoms with Crippen molar-refractivity contribution in [1.29, 1.82) is 0 Å². The summed E-state index contributed by atoms with van der Waals surface area (Å²) in [4.78, 5) is 14.4. The summed E-state index contributed by atoms with van der Waals surface area (Å²) < 4.78 is 5.57. The molecule has 1 heterocycles. The number of amides is 1. The van der Waals surface area contributed by atoms with Gasteiger partial charge in [-0.25, -0.2) is 4.79 Å². The molecule has 0 unspecified atom stereocenters. The Morgan fingerprint density at radius 3 is 2.35 bits per heavy atom. The Balaban J connectivity index is 2.22. The van der Waals surface area contributed by atoms with Crippen LogP contribution >= 0.6 is 0 Å². The van der Waals surface area contributed by atoms with Crippen LogP contribution in [0, 0.1) is 0 Å². The molecule has 110 valence electrons. The zero-order chi connectivity index (χ0) is 14.6. The Bertz CT molecular complexity index is 434. The number of carbonyl (C=O) groups excluding carboxylic acids is 1. The summed E-state index contributed by atoms with van der Waals surface area (Å²) in [6, 6.07) is 9.99. The molecule has 0 aromatic heterocycles. The first kappa shape index (κ1) is 14.9. The van der Waals surface area contributed by atoms with Crippen molar-refractivity contribution in [1.82, 2.24) is 5.32 Å². The van der Waals surface area contributed by atoms with Gasteiger partial charge in [-0.1, -0.05) is 18.2 Å². The van der Waals surface area contributed by atoms with Crippen molar-refractivity contribution in [2.45, 2.75) is 45.3 Å². The predicted octanol–water partition coefficient (Wildman–Crippen LogP) is 3.18. The van der Waals surface area contributed by atoms with Gasteiger partial charge in [-0.3, -0.25) is 4.90 Å². The molecule has 1 N–H and O–H groups in total. The van der Waals surface area contributed by atoms with Crippen molar-refractivity contribution in [3.63, 3.8) is 0 Å². The van der Waals surface area contributed by atoms with Crippen molar-refractivity contribution in [2.75, 3.05) is 18.0 Å². The van der Waals surface area contributed by atoms with Gasteiger partial charge in [0.05, 0.1) is 0 Å². The van der Waals surface area contributed by atoms with E-state index < -0.39 is 5.60 Å². The van der Waals surface area contributed by atoms with E-state index in [0.717, 1.165) is 31.6 Å². The molecule has 1 aromatic rings. The van der Waals surface area contributed by atoms with Gasteiger partial charge in [-0.05, 0) is 58.8 Å². The van der Waals surface area contributed by atoms with Crippen molar-refractivity contribution >= 4 is 11.8 Å². The molecule has 20 heavy (non-hydrogen) atoms. The maximum atomic E-state index is 12.5. The highest BCUT2D eigenvalue weighted by Crippen LogP contribution is 2.24. The fourth-order valence-corrected chi connectivity index (χ4v) is 2.43. The van der Waals surface area contributed by atoms with Gasteiger partial charge >= 0.3 is 6.09 Å². The third-order valence-electron chi connectivity index (χ3n) is 3.30. The molecule has 1 saturated heterocycles. The summed E-state index contributed by atoms with van der Waals surface area (Å²) in [6.45, 7) is 7.58. The molecule has 1 fully saturated rings. The number of anilines is 1. The molecule has 0 radical (unpaired) electrons. The topological polar surface area (TPSA) is 41.6 Å². The quantitative estimate of drug-likeness (QED) is 0.902. The van der Waals surface area contributed by atoms with Gasteiger partial charge < -0.3 is 10.1 Å². The highest BCUT2D eigenvalue weighted by atomic mass is 16.6. The Hall–Kier alpha value is -1.55. The van der Waals surface area contributed by atoms with E-state index in [0.29, 0.717) is 0 Å².